The average molecular weight is 449 g/mol. The number of hydrogen-bond donors (Lipinski definition) is 2. The van der Waals surface area contributed by atoms with Crippen molar-refractivity contribution >= 4 is 29.2 Å². The molecular weight excluding hydrogens is 433 g/mol. The van der Waals surface area contributed by atoms with Crippen molar-refractivity contribution in [1.29, 1.82) is 0 Å². The monoisotopic (exact) mass is 448 g/mol. The van der Waals surface area contributed by atoms with E-state index in [4.69, 9.17) is 17.3 Å². The molecule has 0 spiro atoms. The number of anilines is 1. The molecule has 160 valence electrons. The van der Waals surface area contributed by atoms with Crippen molar-refractivity contribution in [3.05, 3.63) is 76.2 Å². The molecule has 10 heteroatoms. The molecule has 3 aromatic rings. The average Bonchev–Trinajstić information content (AvgIpc) is 3.05. The molecule has 0 fully saturated rings. The van der Waals surface area contributed by atoms with Gasteiger partial charge in [-0.1, -0.05) is 41.9 Å². The molecule has 0 aliphatic carbocycles. The highest BCUT2D eigenvalue weighted by molar-refractivity contribution is 6.36. The summed E-state index contributed by atoms with van der Waals surface area (Å²) >= 11 is 6.49. The quantitative estimate of drug-likeness (QED) is 0.583. The van der Waals surface area contributed by atoms with Crippen LogP contribution in [0, 0.1) is 17.5 Å². The predicted octanol–water partition coefficient (Wildman–Crippen LogP) is 4.37. The van der Waals surface area contributed by atoms with Gasteiger partial charge in [0.05, 0.1) is 34.2 Å². The second kappa shape index (κ2) is 7.99. The van der Waals surface area contributed by atoms with Crippen LogP contribution in [0.25, 0.3) is 11.3 Å². The van der Waals surface area contributed by atoms with Crippen LogP contribution >= 0.6 is 11.6 Å². The largest absolute Gasteiger partial charge is 0.365 e. The van der Waals surface area contributed by atoms with E-state index in [9.17, 15) is 22.8 Å². The highest BCUT2D eigenvalue weighted by Crippen LogP contribution is 2.38. The van der Waals surface area contributed by atoms with Gasteiger partial charge in [-0.15, -0.1) is 0 Å². The van der Waals surface area contributed by atoms with Crippen LogP contribution < -0.4 is 11.1 Å². The molecule has 2 aromatic carbocycles. The Hall–Kier alpha value is -3.46. The number of benzene rings is 2. The molecule has 0 unspecified atom stereocenters. The van der Waals surface area contributed by atoms with Gasteiger partial charge in [0.15, 0.2) is 17.5 Å². The van der Waals surface area contributed by atoms with Crippen LogP contribution in [0.2, 0.25) is 5.02 Å². The van der Waals surface area contributed by atoms with Crippen LogP contribution in [0.1, 0.15) is 16.1 Å². The third kappa shape index (κ3) is 3.61. The van der Waals surface area contributed by atoms with Gasteiger partial charge in [-0.3, -0.25) is 4.79 Å². The van der Waals surface area contributed by atoms with E-state index < -0.39 is 35.1 Å². The van der Waals surface area contributed by atoms with E-state index in [1.54, 1.807) is 0 Å². The van der Waals surface area contributed by atoms with Crippen LogP contribution in [-0.4, -0.2) is 28.0 Å². The number of amides is 3. The first kappa shape index (κ1) is 20.8. The Morgan fingerprint density at radius 2 is 1.71 bits per heavy atom. The molecule has 1 aliphatic rings. The summed E-state index contributed by atoms with van der Waals surface area (Å²) in [4.78, 5) is 26.0. The number of nitrogens with one attached hydrogen (secondary N) is 1. The first-order valence-corrected chi connectivity index (χ1v) is 9.63. The van der Waals surface area contributed by atoms with E-state index >= 15 is 0 Å². The van der Waals surface area contributed by atoms with Crippen LogP contribution in [0.3, 0.4) is 0 Å². The normalized spacial score (nSPS) is 13.1. The number of aromatic nitrogens is 1. The highest BCUT2D eigenvalue weighted by Gasteiger charge is 2.31. The fourth-order valence-electron chi connectivity index (χ4n) is 3.64. The lowest BCUT2D eigenvalue weighted by Crippen LogP contribution is -2.41. The van der Waals surface area contributed by atoms with E-state index in [1.165, 1.54) is 4.90 Å². The Labute approximate surface area is 180 Å². The molecule has 0 atom stereocenters. The molecule has 3 N–H and O–H groups in total. The van der Waals surface area contributed by atoms with Crippen LogP contribution in [0.4, 0.5) is 23.7 Å². The van der Waals surface area contributed by atoms with Gasteiger partial charge >= 0.3 is 6.03 Å². The lowest BCUT2D eigenvalue weighted by atomic mass is 10.1. The third-order valence-corrected chi connectivity index (χ3v) is 5.47. The number of urea groups is 1. The zero-order valence-electron chi connectivity index (χ0n) is 16.0. The topological polar surface area (TPSA) is 80.4 Å². The molecule has 1 aliphatic heterocycles. The first-order chi connectivity index (χ1) is 14.8. The summed E-state index contributed by atoms with van der Waals surface area (Å²) < 4.78 is 42.3. The van der Waals surface area contributed by atoms with Crippen molar-refractivity contribution in [2.24, 2.45) is 5.73 Å². The maximum Gasteiger partial charge on any atom is 0.322 e. The summed E-state index contributed by atoms with van der Waals surface area (Å²) in [6.07, 6.45) is 0. The number of hydrogen-bond acceptors (Lipinski definition) is 2. The van der Waals surface area contributed by atoms with Gasteiger partial charge in [0.2, 0.25) is 0 Å². The predicted molar refractivity (Wildman–Crippen MR) is 109 cm³/mol. The molecule has 3 amide bonds. The second-order valence-corrected chi connectivity index (χ2v) is 7.32. The number of carbonyl (C=O) groups excluding carboxylic acids is 2. The van der Waals surface area contributed by atoms with Crippen molar-refractivity contribution < 1.29 is 22.8 Å². The summed E-state index contributed by atoms with van der Waals surface area (Å²) in [6, 6.07) is 10.1. The van der Waals surface area contributed by atoms with Gasteiger partial charge in [0.1, 0.15) is 0 Å². The molecule has 0 saturated heterocycles. The number of halogens is 4. The lowest BCUT2D eigenvalue weighted by Gasteiger charge is -2.30. The Morgan fingerprint density at radius 3 is 2.39 bits per heavy atom. The number of nitrogens with two attached hydrogens (primary N) is 1. The number of carbonyl (C=O) groups is 2. The van der Waals surface area contributed by atoms with E-state index in [1.807, 2.05) is 34.9 Å². The number of rotatable bonds is 3. The standard InChI is InChI=1S/C21H16ClF3N4O2/c22-16-15(20(26)30)14-10-28(8-9-29(14)19(16)11-4-2-1-3-5-11)21(31)27-13-7-6-12(23)17(24)18(13)25/h1-7H,8-10H2,(H2,26,30)(H,27,31). The fourth-order valence-corrected chi connectivity index (χ4v) is 4.06. The van der Waals surface area contributed by atoms with E-state index in [0.717, 1.165) is 11.6 Å². The zero-order valence-corrected chi connectivity index (χ0v) is 16.7. The van der Waals surface area contributed by atoms with Crippen molar-refractivity contribution in [2.75, 3.05) is 11.9 Å². The zero-order chi connectivity index (χ0) is 22.3. The van der Waals surface area contributed by atoms with E-state index in [2.05, 4.69) is 5.32 Å². The van der Waals surface area contributed by atoms with E-state index in [-0.39, 0.29) is 23.7 Å². The van der Waals surface area contributed by atoms with Gasteiger partial charge in [-0.2, -0.15) is 0 Å². The molecule has 31 heavy (non-hydrogen) atoms. The van der Waals surface area contributed by atoms with Crippen LogP contribution in [0.15, 0.2) is 42.5 Å². The third-order valence-electron chi connectivity index (χ3n) is 5.10. The molecule has 6 nitrogen and oxygen atoms in total. The fraction of sp³-hybridized carbons (Fsp3) is 0.143. The molecule has 0 bridgehead atoms. The lowest BCUT2D eigenvalue weighted by molar-refractivity contribution is 0.0997. The minimum atomic E-state index is -1.68. The van der Waals surface area contributed by atoms with Gasteiger partial charge in [-0.25, -0.2) is 18.0 Å². The Bertz CT molecular complexity index is 1200. The van der Waals surface area contributed by atoms with Gasteiger partial charge in [0.25, 0.3) is 5.91 Å². The van der Waals surface area contributed by atoms with Crippen LogP contribution in [0.5, 0.6) is 0 Å². The smallest absolute Gasteiger partial charge is 0.322 e. The Morgan fingerprint density at radius 1 is 1.00 bits per heavy atom. The SMILES string of the molecule is NC(=O)c1c(Cl)c(-c2ccccc2)n2c1CN(C(=O)Nc1ccc(F)c(F)c1F)CC2. The summed E-state index contributed by atoms with van der Waals surface area (Å²) in [5.41, 5.74) is 6.96. The minimum Gasteiger partial charge on any atom is -0.365 e. The summed E-state index contributed by atoms with van der Waals surface area (Å²) in [7, 11) is 0. The van der Waals surface area contributed by atoms with Crippen molar-refractivity contribution in [2.45, 2.75) is 13.1 Å². The summed E-state index contributed by atoms with van der Waals surface area (Å²) in [5.74, 6) is -5.29. The maximum atomic E-state index is 13.9. The molecule has 0 radical (unpaired) electrons. The van der Waals surface area contributed by atoms with Crippen molar-refractivity contribution in [3.63, 3.8) is 0 Å². The van der Waals surface area contributed by atoms with Crippen LogP contribution in [-0.2, 0) is 13.1 Å². The van der Waals surface area contributed by atoms with Gasteiger partial charge in [0, 0.05) is 13.1 Å². The highest BCUT2D eigenvalue weighted by atomic mass is 35.5. The molecular formula is C21H16ClF3N4O2. The van der Waals surface area contributed by atoms with Crippen molar-refractivity contribution in [1.82, 2.24) is 9.47 Å². The van der Waals surface area contributed by atoms with Gasteiger partial charge in [-0.05, 0) is 17.7 Å². The molecule has 1 aromatic heterocycles. The Kier molecular flexibility index (Phi) is 5.36. The number of nitrogens with zero attached hydrogens (tertiary/aromatic N) is 2. The van der Waals surface area contributed by atoms with E-state index in [0.29, 0.717) is 24.0 Å². The number of fused-ring (bicyclic) bond motifs is 1. The first-order valence-electron chi connectivity index (χ1n) is 9.25. The summed E-state index contributed by atoms with van der Waals surface area (Å²) in [5, 5.41) is 2.41. The molecule has 2 heterocycles. The maximum absolute atomic E-state index is 13.9. The Balaban J connectivity index is 1.66. The second-order valence-electron chi connectivity index (χ2n) is 6.94. The minimum absolute atomic E-state index is 0.0397. The summed E-state index contributed by atoms with van der Waals surface area (Å²) in [6.45, 7) is 0.454. The molecule has 4 rings (SSSR count). The molecule has 0 saturated carbocycles. The van der Waals surface area contributed by atoms with Crippen molar-refractivity contribution in [3.8, 4) is 11.3 Å². The van der Waals surface area contributed by atoms with Gasteiger partial charge < -0.3 is 20.5 Å². The number of primary amides is 1.